The second-order valence-corrected chi connectivity index (χ2v) is 4.76. The lowest BCUT2D eigenvalue weighted by Crippen LogP contribution is -2.19. The van der Waals surface area contributed by atoms with Gasteiger partial charge in [0.1, 0.15) is 5.82 Å². The first-order valence-electron chi connectivity index (χ1n) is 5.06. The summed E-state index contributed by atoms with van der Waals surface area (Å²) in [5.74, 6) is -0.153. The van der Waals surface area contributed by atoms with E-state index in [2.05, 4.69) is 19.2 Å². The first-order chi connectivity index (χ1) is 6.58. The van der Waals surface area contributed by atoms with E-state index in [1.165, 1.54) is 12.5 Å². The molecule has 1 aromatic rings. The predicted molar refractivity (Wildman–Crippen MR) is 55.4 cm³/mol. The molecule has 76 valence electrons. The van der Waals surface area contributed by atoms with Crippen LogP contribution in [-0.2, 0) is 6.54 Å². The molecular weight excluding hydrogens is 177 g/mol. The van der Waals surface area contributed by atoms with E-state index in [9.17, 15) is 4.39 Å². The molecule has 1 aromatic carbocycles. The van der Waals surface area contributed by atoms with Gasteiger partial charge in [-0.3, -0.25) is 0 Å². The molecule has 1 unspecified atom stereocenters. The number of halogens is 1. The zero-order valence-electron chi connectivity index (χ0n) is 8.68. The first-order valence-corrected chi connectivity index (χ1v) is 5.06. The van der Waals surface area contributed by atoms with Crippen LogP contribution in [0.2, 0.25) is 0 Å². The van der Waals surface area contributed by atoms with Gasteiger partial charge in [-0.15, -0.1) is 0 Å². The largest absolute Gasteiger partial charge is 0.309 e. The van der Waals surface area contributed by atoms with Crippen LogP contribution < -0.4 is 5.32 Å². The molecule has 0 amide bonds. The Hall–Kier alpha value is -0.890. The van der Waals surface area contributed by atoms with E-state index in [1.54, 1.807) is 12.1 Å². The average Bonchev–Trinajstić information content (AvgIpc) is 2.71. The van der Waals surface area contributed by atoms with E-state index in [-0.39, 0.29) is 5.82 Å². The van der Waals surface area contributed by atoms with Gasteiger partial charge in [0, 0.05) is 12.6 Å². The summed E-state index contributed by atoms with van der Waals surface area (Å²) in [7, 11) is 0. The molecule has 0 bridgehead atoms. The lowest BCUT2D eigenvalue weighted by atomic mass is 10.2. The Labute approximate surface area is 84.3 Å². The number of nitrogens with one attached hydrogen (secondary N) is 1. The molecule has 14 heavy (non-hydrogen) atoms. The quantitative estimate of drug-likeness (QED) is 0.778. The monoisotopic (exact) mass is 193 g/mol. The summed E-state index contributed by atoms with van der Waals surface area (Å²) in [4.78, 5) is 0. The maximum absolute atomic E-state index is 12.8. The van der Waals surface area contributed by atoms with Crippen molar-refractivity contribution in [1.82, 2.24) is 5.32 Å². The fourth-order valence-electron chi connectivity index (χ4n) is 1.70. The molecule has 0 aliphatic heterocycles. The van der Waals surface area contributed by atoms with E-state index in [1.807, 2.05) is 6.07 Å². The second-order valence-electron chi connectivity index (χ2n) is 4.76. The van der Waals surface area contributed by atoms with Crippen molar-refractivity contribution in [1.29, 1.82) is 0 Å². The fraction of sp³-hybridized carbons (Fsp3) is 0.500. The van der Waals surface area contributed by atoms with Crippen LogP contribution in [0.3, 0.4) is 0 Å². The highest BCUT2D eigenvalue weighted by molar-refractivity contribution is 5.16. The van der Waals surface area contributed by atoms with Gasteiger partial charge in [0.15, 0.2) is 0 Å². The molecule has 1 atom stereocenters. The van der Waals surface area contributed by atoms with E-state index < -0.39 is 0 Å². The maximum Gasteiger partial charge on any atom is 0.123 e. The van der Waals surface area contributed by atoms with Gasteiger partial charge in [0.05, 0.1) is 0 Å². The Morgan fingerprint density at radius 3 is 2.79 bits per heavy atom. The molecule has 2 heteroatoms. The van der Waals surface area contributed by atoms with Crippen molar-refractivity contribution in [3.8, 4) is 0 Å². The minimum Gasteiger partial charge on any atom is -0.309 e. The minimum absolute atomic E-state index is 0.153. The zero-order valence-corrected chi connectivity index (χ0v) is 8.68. The Balaban J connectivity index is 1.87. The second kappa shape index (κ2) is 3.35. The van der Waals surface area contributed by atoms with Gasteiger partial charge in [-0.2, -0.15) is 0 Å². The molecule has 0 saturated heterocycles. The average molecular weight is 193 g/mol. The lowest BCUT2D eigenvalue weighted by Gasteiger charge is -2.06. The van der Waals surface area contributed by atoms with Gasteiger partial charge in [-0.05, 0) is 29.5 Å². The summed E-state index contributed by atoms with van der Waals surface area (Å²) in [5, 5.41) is 3.42. The van der Waals surface area contributed by atoms with Gasteiger partial charge in [0.2, 0.25) is 0 Å². The molecule has 1 aliphatic rings. The highest BCUT2D eigenvalue weighted by Crippen LogP contribution is 2.44. The minimum atomic E-state index is -0.153. The molecule has 0 heterocycles. The van der Waals surface area contributed by atoms with Crippen molar-refractivity contribution in [2.45, 2.75) is 32.9 Å². The van der Waals surface area contributed by atoms with Crippen molar-refractivity contribution in [2.75, 3.05) is 0 Å². The van der Waals surface area contributed by atoms with E-state index in [0.29, 0.717) is 11.5 Å². The van der Waals surface area contributed by atoms with E-state index >= 15 is 0 Å². The number of hydrogen-bond acceptors (Lipinski definition) is 1. The predicted octanol–water partition coefficient (Wildman–Crippen LogP) is 2.71. The SMILES string of the molecule is CC1(C)CC1NCc1cccc(F)c1. The number of rotatable bonds is 3. The van der Waals surface area contributed by atoms with Gasteiger partial charge < -0.3 is 5.32 Å². The molecule has 1 saturated carbocycles. The van der Waals surface area contributed by atoms with Crippen LogP contribution in [0.15, 0.2) is 24.3 Å². The summed E-state index contributed by atoms with van der Waals surface area (Å²) in [5.41, 5.74) is 1.46. The van der Waals surface area contributed by atoms with Crippen LogP contribution >= 0.6 is 0 Å². The van der Waals surface area contributed by atoms with E-state index in [0.717, 1.165) is 12.1 Å². The third-order valence-electron chi connectivity index (χ3n) is 2.96. The smallest absolute Gasteiger partial charge is 0.123 e. The van der Waals surface area contributed by atoms with Crippen molar-refractivity contribution < 1.29 is 4.39 Å². The van der Waals surface area contributed by atoms with Crippen LogP contribution in [0.5, 0.6) is 0 Å². The maximum atomic E-state index is 12.8. The molecule has 2 rings (SSSR count). The summed E-state index contributed by atoms with van der Waals surface area (Å²) >= 11 is 0. The van der Waals surface area contributed by atoms with E-state index in [4.69, 9.17) is 0 Å². The molecule has 1 nitrogen and oxygen atoms in total. The molecule has 1 N–H and O–H groups in total. The van der Waals surface area contributed by atoms with Crippen LogP contribution in [0.4, 0.5) is 4.39 Å². The van der Waals surface area contributed by atoms with Crippen molar-refractivity contribution in [3.63, 3.8) is 0 Å². The molecule has 1 fully saturated rings. The summed E-state index contributed by atoms with van der Waals surface area (Å²) in [6.07, 6.45) is 1.22. The van der Waals surface area contributed by atoms with Gasteiger partial charge in [0.25, 0.3) is 0 Å². The summed E-state index contributed by atoms with van der Waals surface area (Å²) < 4.78 is 12.8. The molecular formula is C12H16FN. The van der Waals surface area contributed by atoms with Crippen molar-refractivity contribution in [3.05, 3.63) is 35.6 Å². The molecule has 0 spiro atoms. The summed E-state index contributed by atoms with van der Waals surface area (Å²) in [6.45, 7) is 5.26. The standard InChI is InChI=1S/C12H16FN/c1-12(2)7-11(12)14-8-9-4-3-5-10(13)6-9/h3-6,11,14H,7-8H2,1-2H3. The topological polar surface area (TPSA) is 12.0 Å². The van der Waals surface area contributed by atoms with Crippen LogP contribution in [0, 0.1) is 11.2 Å². The Bertz CT molecular complexity index is 333. The van der Waals surface area contributed by atoms with Crippen molar-refractivity contribution >= 4 is 0 Å². The van der Waals surface area contributed by atoms with Crippen LogP contribution in [-0.4, -0.2) is 6.04 Å². The highest BCUT2D eigenvalue weighted by atomic mass is 19.1. The van der Waals surface area contributed by atoms with Gasteiger partial charge in [-0.1, -0.05) is 26.0 Å². The van der Waals surface area contributed by atoms with Crippen molar-refractivity contribution in [2.24, 2.45) is 5.41 Å². The number of benzene rings is 1. The number of hydrogen-bond donors (Lipinski definition) is 1. The molecule has 1 aliphatic carbocycles. The highest BCUT2D eigenvalue weighted by Gasteiger charge is 2.44. The fourth-order valence-corrected chi connectivity index (χ4v) is 1.70. The third kappa shape index (κ3) is 2.13. The Morgan fingerprint density at radius 1 is 1.50 bits per heavy atom. The van der Waals surface area contributed by atoms with Crippen LogP contribution in [0.1, 0.15) is 25.8 Å². The molecule has 0 radical (unpaired) electrons. The molecule has 0 aromatic heterocycles. The zero-order chi connectivity index (χ0) is 10.2. The normalized spacial score (nSPS) is 23.5. The third-order valence-corrected chi connectivity index (χ3v) is 2.96. The van der Waals surface area contributed by atoms with Crippen LogP contribution in [0.25, 0.3) is 0 Å². The van der Waals surface area contributed by atoms with Gasteiger partial charge in [-0.25, -0.2) is 4.39 Å². The first kappa shape index (κ1) is 9.66. The van der Waals surface area contributed by atoms with Gasteiger partial charge >= 0.3 is 0 Å². The Kier molecular flexibility index (Phi) is 2.31. The summed E-state index contributed by atoms with van der Waals surface area (Å²) in [6, 6.07) is 7.37. The lowest BCUT2D eigenvalue weighted by molar-refractivity contribution is 0.540. The Morgan fingerprint density at radius 2 is 2.21 bits per heavy atom.